The first-order valence-electron chi connectivity index (χ1n) is 15.0. The number of aryl methyl sites for hydroxylation is 1. The molecular weight excluding hydrogens is 564 g/mol. The fraction of sp³-hybridized carbons (Fsp3) is 0.645. The molecule has 2 aromatic rings. The Morgan fingerprint density at radius 2 is 1.98 bits per heavy atom. The number of rotatable bonds is 4. The van der Waals surface area contributed by atoms with E-state index in [9.17, 15) is 17.6 Å². The first-order valence-corrected chi connectivity index (χ1v) is 15.0. The van der Waals surface area contributed by atoms with Crippen molar-refractivity contribution in [3.8, 4) is 12.1 Å². The van der Waals surface area contributed by atoms with Crippen molar-refractivity contribution in [3.63, 3.8) is 0 Å². The minimum absolute atomic E-state index is 0.00968. The Kier molecular flexibility index (Phi) is 9.32. The van der Waals surface area contributed by atoms with Crippen molar-refractivity contribution in [2.24, 2.45) is 11.8 Å². The zero-order valence-electron chi connectivity index (χ0n) is 25.0. The number of anilines is 2. The summed E-state index contributed by atoms with van der Waals surface area (Å²) < 4.78 is 65.6. The summed E-state index contributed by atoms with van der Waals surface area (Å²) in [5.74, 6) is 1.24. The Hall–Kier alpha value is -3.17. The molecule has 0 aliphatic carbocycles. The summed E-state index contributed by atoms with van der Waals surface area (Å²) in [6.07, 6.45) is -1.03. The molecule has 43 heavy (non-hydrogen) atoms. The molecule has 0 saturated carbocycles. The highest BCUT2D eigenvalue weighted by Crippen LogP contribution is 2.43. The van der Waals surface area contributed by atoms with E-state index in [-0.39, 0.29) is 41.8 Å². The van der Waals surface area contributed by atoms with Gasteiger partial charge in [-0.25, -0.2) is 4.39 Å². The number of fused-ring (bicyclic) bond motifs is 2. The molecule has 0 amide bonds. The van der Waals surface area contributed by atoms with Crippen LogP contribution >= 0.6 is 0 Å². The van der Waals surface area contributed by atoms with Gasteiger partial charge in [-0.1, -0.05) is 6.92 Å². The Bertz CT molecular complexity index is 1340. The summed E-state index contributed by atoms with van der Waals surface area (Å²) >= 11 is 0. The summed E-state index contributed by atoms with van der Waals surface area (Å²) in [6, 6.07) is 5.68. The Balaban J connectivity index is 0.000000345. The average molecular weight is 605 g/mol. The van der Waals surface area contributed by atoms with Crippen LogP contribution in [0.25, 0.3) is 0 Å². The zero-order chi connectivity index (χ0) is 30.9. The predicted molar refractivity (Wildman–Crippen MR) is 154 cm³/mol. The monoisotopic (exact) mass is 604 g/mol. The molecule has 3 saturated heterocycles. The summed E-state index contributed by atoms with van der Waals surface area (Å²) in [7, 11) is 1.46. The van der Waals surface area contributed by atoms with E-state index in [4.69, 9.17) is 20.5 Å². The lowest BCUT2D eigenvalue weighted by molar-refractivity contribution is -0.140. The molecule has 12 heteroatoms. The maximum atomic E-state index is 13.9. The van der Waals surface area contributed by atoms with Crippen LogP contribution in [0.2, 0.25) is 0 Å². The molecule has 0 spiro atoms. The molecule has 8 nitrogen and oxygen atoms in total. The molecule has 5 atom stereocenters. The van der Waals surface area contributed by atoms with Crippen molar-refractivity contribution in [1.82, 2.24) is 14.9 Å². The van der Waals surface area contributed by atoms with Gasteiger partial charge in [-0.2, -0.15) is 28.4 Å². The molecule has 4 aliphatic rings. The molecule has 2 N–H and O–H groups in total. The standard InChI is InChI=1S/C24H28F3N5O2.C7H12FN/c1-13-6-15(4-5-28)11-32(10-13)22-18-12-34-20(9-19(18)30-23(31-22)33-3)17-8-16(29)7-14(2)21(17)24(25,26)27;8-6-4-7-2-1-3-9(7)5-6/h7-8,13,15,20H,4,6,9-12,29H2,1-3H3;6-7H,1-5H2. The molecule has 4 aliphatic heterocycles. The lowest BCUT2D eigenvalue weighted by Gasteiger charge is -2.38. The van der Waals surface area contributed by atoms with E-state index < -0.39 is 24.0 Å². The van der Waals surface area contributed by atoms with E-state index in [2.05, 4.69) is 32.8 Å². The molecule has 0 radical (unpaired) electrons. The first-order chi connectivity index (χ1) is 20.5. The van der Waals surface area contributed by atoms with Gasteiger partial charge in [0.05, 0.1) is 37.1 Å². The summed E-state index contributed by atoms with van der Waals surface area (Å²) in [5.41, 5.74) is 6.84. The Morgan fingerprint density at radius 1 is 1.19 bits per heavy atom. The fourth-order valence-electron chi connectivity index (χ4n) is 7.22. The number of piperidine rings is 1. The minimum Gasteiger partial charge on any atom is -0.467 e. The molecule has 5 unspecified atom stereocenters. The molecule has 1 aromatic heterocycles. The van der Waals surface area contributed by atoms with E-state index in [1.54, 1.807) is 0 Å². The van der Waals surface area contributed by atoms with Crippen LogP contribution in [0.3, 0.4) is 0 Å². The number of nitrogen functional groups attached to an aromatic ring is 1. The molecule has 3 fully saturated rings. The van der Waals surface area contributed by atoms with E-state index in [0.29, 0.717) is 43.0 Å². The normalized spacial score (nSPS) is 27.1. The predicted octanol–water partition coefficient (Wildman–Crippen LogP) is 5.78. The second kappa shape index (κ2) is 12.8. The van der Waals surface area contributed by atoms with Gasteiger partial charge in [-0.3, -0.25) is 4.90 Å². The maximum absolute atomic E-state index is 13.9. The van der Waals surface area contributed by atoms with Gasteiger partial charge in [-0.15, -0.1) is 0 Å². The number of hydrogen-bond acceptors (Lipinski definition) is 8. The number of nitrogens with two attached hydrogens (primary N) is 1. The first kappa shape index (κ1) is 31.3. The highest BCUT2D eigenvalue weighted by atomic mass is 19.4. The third-order valence-electron chi connectivity index (χ3n) is 8.94. The van der Waals surface area contributed by atoms with Gasteiger partial charge in [0.2, 0.25) is 0 Å². The van der Waals surface area contributed by atoms with Crippen molar-refractivity contribution in [2.45, 2.75) is 83.5 Å². The van der Waals surface area contributed by atoms with E-state index >= 15 is 0 Å². The number of nitriles is 1. The third-order valence-corrected chi connectivity index (χ3v) is 8.94. The van der Waals surface area contributed by atoms with Crippen LogP contribution in [0.5, 0.6) is 6.01 Å². The van der Waals surface area contributed by atoms with Crippen LogP contribution in [0, 0.1) is 30.1 Å². The van der Waals surface area contributed by atoms with Gasteiger partial charge >= 0.3 is 12.2 Å². The number of halogens is 4. The van der Waals surface area contributed by atoms with Crippen molar-refractivity contribution < 1.29 is 27.0 Å². The summed E-state index contributed by atoms with van der Waals surface area (Å²) in [4.78, 5) is 13.4. The highest BCUT2D eigenvalue weighted by Gasteiger charge is 2.40. The van der Waals surface area contributed by atoms with Crippen LogP contribution in [-0.2, 0) is 23.9 Å². The third kappa shape index (κ3) is 6.99. The average Bonchev–Trinajstić information content (AvgIpc) is 3.52. The molecule has 5 heterocycles. The lowest BCUT2D eigenvalue weighted by atomic mass is 9.88. The van der Waals surface area contributed by atoms with Crippen LogP contribution in [0.15, 0.2) is 12.1 Å². The number of aromatic nitrogens is 2. The quantitative estimate of drug-likeness (QED) is 0.347. The topological polar surface area (TPSA) is 101 Å². The number of alkyl halides is 4. The van der Waals surface area contributed by atoms with Crippen molar-refractivity contribution in [3.05, 3.63) is 40.1 Å². The number of nitrogens with zero attached hydrogens (tertiary/aromatic N) is 5. The van der Waals surface area contributed by atoms with E-state index in [1.165, 1.54) is 39.0 Å². The minimum atomic E-state index is -4.54. The molecular formula is C31H40F4N6O2. The van der Waals surface area contributed by atoms with Gasteiger partial charge in [0.15, 0.2) is 0 Å². The fourth-order valence-corrected chi connectivity index (χ4v) is 7.22. The van der Waals surface area contributed by atoms with Gasteiger partial charge in [-0.05, 0) is 74.2 Å². The zero-order valence-corrected chi connectivity index (χ0v) is 25.0. The second-order valence-electron chi connectivity index (χ2n) is 12.4. The van der Waals surface area contributed by atoms with Crippen molar-refractivity contribution in [1.29, 1.82) is 5.26 Å². The van der Waals surface area contributed by atoms with Gasteiger partial charge in [0.25, 0.3) is 0 Å². The van der Waals surface area contributed by atoms with E-state index in [1.807, 2.05) is 0 Å². The summed E-state index contributed by atoms with van der Waals surface area (Å²) in [5, 5.41) is 9.17. The van der Waals surface area contributed by atoms with Crippen LogP contribution in [0.4, 0.5) is 29.1 Å². The van der Waals surface area contributed by atoms with Crippen LogP contribution in [-0.4, -0.2) is 60.4 Å². The molecule has 6 rings (SSSR count). The maximum Gasteiger partial charge on any atom is 0.417 e. The lowest BCUT2D eigenvalue weighted by Crippen LogP contribution is -2.41. The number of hydrogen-bond donors (Lipinski definition) is 1. The van der Waals surface area contributed by atoms with Crippen molar-refractivity contribution in [2.75, 3.05) is 43.9 Å². The van der Waals surface area contributed by atoms with Crippen LogP contribution in [0.1, 0.15) is 73.1 Å². The van der Waals surface area contributed by atoms with Gasteiger partial charge in [0.1, 0.15) is 12.0 Å². The number of methoxy groups -OCH3 is 1. The molecule has 234 valence electrons. The van der Waals surface area contributed by atoms with Crippen molar-refractivity contribution >= 4 is 11.5 Å². The Labute approximate surface area is 250 Å². The summed E-state index contributed by atoms with van der Waals surface area (Å²) in [6.45, 7) is 6.88. The largest absolute Gasteiger partial charge is 0.467 e. The van der Waals surface area contributed by atoms with Crippen LogP contribution < -0.4 is 15.4 Å². The van der Waals surface area contributed by atoms with Gasteiger partial charge in [0, 0.05) is 49.8 Å². The smallest absolute Gasteiger partial charge is 0.417 e. The number of benzene rings is 1. The van der Waals surface area contributed by atoms with E-state index in [0.717, 1.165) is 31.5 Å². The van der Waals surface area contributed by atoms with Gasteiger partial charge < -0.3 is 20.1 Å². The SMILES string of the molecule is COc1nc2c(c(N3CC(C)CC(CC#N)C3)n1)COC(c1cc(N)cc(C)c1C(F)(F)F)C2.FC1CC2CCCN2C1. The number of ether oxygens (including phenoxy) is 2. The molecule has 0 bridgehead atoms. The Morgan fingerprint density at radius 3 is 2.67 bits per heavy atom. The molecule has 1 aromatic carbocycles. The second-order valence-corrected chi connectivity index (χ2v) is 12.4. The highest BCUT2D eigenvalue weighted by molar-refractivity contribution is 5.54.